The van der Waals surface area contributed by atoms with Gasteiger partial charge >= 0.3 is 0 Å². The molecule has 2 rings (SSSR count). The lowest BCUT2D eigenvalue weighted by Crippen LogP contribution is -2.48. The van der Waals surface area contributed by atoms with Crippen LogP contribution in [0.2, 0.25) is 0 Å². The molecule has 1 aliphatic heterocycles. The predicted molar refractivity (Wildman–Crippen MR) is 79.9 cm³/mol. The molecule has 5 heteroatoms. The number of hydrogen-bond acceptors (Lipinski definition) is 4. The van der Waals surface area contributed by atoms with Gasteiger partial charge in [-0.05, 0) is 50.7 Å². The zero-order valence-corrected chi connectivity index (χ0v) is 12.6. The van der Waals surface area contributed by atoms with Crippen molar-refractivity contribution < 1.29 is 9.53 Å². The summed E-state index contributed by atoms with van der Waals surface area (Å²) >= 11 is 0. The van der Waals surface area contributed by atoms with Crippen LogP contribution >= 0.6 is 0 Å². The molecule has 0 radical (unpaired) electrons. The fourth-order valence-electron chi connectivity index (χ4n) is 2.53. The van der Waals surface area contributed by atoms with E-state index >= 15 is 0 Å². The van der Waals surface area contributed by atoms with Gasteiger partial charge in [0, 0.05) is 19.6 Å². The Bertz CT molecular complexity index is 521. The van der Waals surface area contributed by atoms with Crippen LogP contribution in [0, 0.1) is 11.3 Å². The Morgan fingerprint density at radius 3 is 2.81 bits per heavy atom. The van der Waals surface area contributed by atoms with Crippen LogP contribution in [-0.2, 0) is 4.79 Å². The van der Waals surface area contributed by atoms with Crippen LogP contribution < -0.4 is 4.74 Å². The quantitative estimate of drug-likeness (QED) is 0.842. The van der Waals surface area contributed by atoms with Crippen molar-refractivity contribution in [3.63, 3.8) is 0 Å². The molecule has 0 saturated carbocycles. The van der Waals surface area contributed by atoms with Gasteiger partial charge in [-0.25, -0.2) is 0 Å². The molecule has 0 aliphatic carbocycles. The average molecular weight is 287 g/mol. The molecule has 1 saturated heterocycles. The van der Waals surface area contributed by atoms with Crippen LogP contribution in [0.15, 0.2) is 24.3 Å². The van der Waals surface area contributed by atoms with Crippen molar-refractivity contribution in [3.8, 4) is 11.8 Å². The molecule has 0 N–H and O–H groups in total. The molecule has 0 spiro atoms. The van der Waals surface area contributed by atoms with E-state index in [2.05, 4.69) is 11.9 Å². The Hall–Kier alpha value is -2.06. The summed E-state index contributed by atoms with van der Waals surface area (Å²) in [4.78, 5) is 16.2. The van der Waals surface area contributed by atoms with Crippen molar-refractivity contribution in [2.45, 2.75) is 18.9 Å². The zero-order valence-electron chi connectivity index (χ0n) is 12.6. The molecule has 1 amide bonds. The highest BCUT2D eigenvalue weighted by molar-refractivity contribution is 5.77. The van der Waals surface area contributed by atoms with Gasteiger partial charge in [-0.2, -0.15) is 5.26 Å². The summed E-state index contributed by atoms with van der Waals surface area (Å²) in [5.74, 6) is 0.594. The van der Waals surface area contributed by atoms with Crippen molar-refractivity contribution in [1.29, 1.82) is 5.26 Å². The maximum Gasteiger partial charge on any atom is 0.260 e. The van der Waals surface area contributed by atoms with Crippen LogP contribution in [0.5, 0.6) is 5.75 Å². The van der Waals surface area contributed by atoms with Crippen LogP contribution in [-0.4, -0.2) is 55.5 Å². The van der Waals surface area contributed by atoms with Gasteiger partial charge in [-0.3, -0.25) is 4.79 Å². The fourth-order valence-corrected chi connectivity index (χ4v) is 2.53. The standard InChI is InChI=1S/C16H21N3O2/c1-18-9-3-4-14(11-18)19(2)16(20)12-21-15-7-5-13(10-17)6-8-15/h5-8,14H,3-4,9,11-12H2,1-2H3. The minimum atomic E-state index is -0.0142. The molecule has 1 atom stereocenters. The maximum absolute atomic E-state index is 12.2. The Morgan fingerprint density at radius 2 is 2.19 bits per heavy atom. The number of piperidine rings is 1. The molecule has 1 fully saturated rings. The summed E-state index contributed by atoms with van der Waals surface area (Å²) < 4.78 is 5.49. The number of benzene rings is 1. The highest BCUT2D eigenvalue weighted by atomic mass is 16.5. The van der Waals surface area contributed by atoms with Crippen LogP contribution in [0.1, 0.15) is 18.4 Å². The van der Waals surface area contributed by atoms with Crippen LogP contribution in [0.3, 0.4) is 0 Å². The SMILES string of the molecule is CN1CCCC(N(C)C(=O)COc2ccc(C#N)cc2)C1. The molecular weight excluding hydrogens is 266 g/mol. The highest BCUT2D eigenvalue weighted by Gasteiger charge is 2.24. The van der Waals surface area contributed by atoms with Crippen LogP contribution in [0.25, 0.3) is 0 Å². The number of ether oxygens (including phenoxy) is 1. The number of nitriles is 1. The topological polar surface area (TPSA) is 56.6 Å². The molecule has 1 aliphatic rings. The van der Waals surface area contributed by atoms with Crippen molar-refractivity contribution in [2.75, 3.05) is 33.8 Å². The first-order chi connectivity index (χ1) is 10.1. The minimum absolute atomic E-state index is 0.0142. The van der Waals surface area contributed by atoms with E-state index in [-0.39, 0.29) is 18.6 Å². The Balaban J connectivity index is 1.84. The normalized spacial score (nSPS) is 18.8. The first-order valence-corrected chi connectivity index (χ1v) is 7.17. The lowest BCUT2D eigenvalue weighted by atomic mass is 10.1. The molecule has 1 aromatic rings. The van der Waals surface area contributed by atoms with Crippen molar-refractivity contribution >= 4 is 5.91 Å². The number of likely N-dealkylation sites (tertiary alicyclic amines) is 1. The molecule has 0 aromatic heterocycles. The second-order valence-corrected chi connectivity index (χ2v) is 5.49. The smallest absolute Gasteiger partial charge is 0.260 e. The van der Waals surface area contributed by atoms with Gasteiger partial charge in [0.2, 0.25) is 0 Å². The molecular formula is C16H21N3O2. The van der Waals surface area contributed by atoms with Gasteiger partial charge in [0.25, 0.3) is 5.91 Å². The maximum atomic E-state index is 12.2. The summed E-state index contributed by atoms with van der Waals surface area (Å²) in [5, 5.41) is 8.73. The molecule has 0 bridgehead atoms. The van der Waals surface area contributed by atoms with Crippen molar-refractivity contribution in [2.24, 2.45) is 0 Å². The summed E-state index contributed by atoms with van der Waals surface area (Å²) in [6, 6.07) is 9.09. The zero-order chi connectivity index (χ0) is 15.2. The highest BCUT2D eigenvalue weighted by Crippen LogP contribution is 2.15. The van der Waals surface area contributed by atoms with Gasteiger partial charge in [0.05, 0.1) is 11.6 Å². The Labute approximate surface area is 125 Å². The van der Waals surface area contributed by atoms with E-state index in [1.165, 1.54) is 0 Å². The lowest BCUT2D eigenvalue weighted by molar-refractivity contribution is -0.135. The molecule has 1 aromatic carbocycles. The monoisotopic (exact) mass is 287 g/mol. The van der Waals surface area contributed by atoms with Crippen LogP contribution in [0.4, 0.5) is 0 Å². The van der Waals surface area contributed by atoms with E-state index in [0.717, 1.165) is 25.9 Å². The third-order valence-corrected chi connectivity index (χ3v) is 3.89. The second kappa shape index (κ2) is 7.09. The first kappa shape index (κ1) is 15.3. The largest absolute Gasteiger partial charge is 0.484 e. The van der Waals surface area contributed by atoms with Crippen molar-refractivity contribution in [3.05, 3.63) is 29.8 Å². The van der Waals surface area contributed by atoms with E-state index in [1.54, 1.807) is 29.2 Å². The molecule has 21 heavy (non-hydrogen) atoms. The summed E-state index contributed by atoms with van der Waals surface area (Å²) in [7, 11) is 3.92. The van der Waals surface area contributed by atoms with Gasteiger partial charge in [0.1, 0.15) is 5.75 Å². The Kier molecular flexibility index (Phi) is 5.18. The molecule has 112 valence electrons. The van der Waals surface area contributed by atoms with Gasteiger partial charge < -0.3 is 14.5 Å². The number of carbonyl (C=O) groups excluding carboxylic acids is 1. The van der Waals surface area contributed by atoms with Crippen molar-refractivity contribution in [1.82, 2.24) is 9.80 Å². The van der Waals surface area contributed by atoms with Gasteiger partial charge in [-0.15, -0.1) is 0 Å². The number of amides is 1. The number of carbonyl (C=O) groups is 1. The van der Waals surface area contributed by atoms with Gasteiger partial charge in [0.15, 0.2) is 6.61 Å². The van der Waals surface area contributed by atoms with E-state index in [9.17, 15) is 4.79 Å². The number of likely N-dealkylation sites (N-methyl/N-ethyl adjacent to an activating group) is 2. The second-order valence-electron chi connectivity index (χ2n) is 5.49. The number of hydrogen-bond donors (Lipinski definition) is 0. The first-order valence-electron chi connectivity index (χ1n) is 7.17. The number of nitrogens with zero attached hydrogens (tertiary/aromatic N) is 3. The Morgan fingerprint density at radius 1 is 1.48 bits per heavy atom. The van der Waals surface area contributed by atoms with E-state index < -0.39 is 0 Å². The summed E-state index contributed by atoms with van der Waals surface area (Å²) in [5.41, 5.74) is 0.580. The summed E-state index contributed by atoms with van der Waals surface area (Å²) in [6.45, 7) is 2.04. The summed E-state index contributed by atoms with van der Waals surface area (Å²) in [6.07, 6.45) is 2.17. The third kappa shape index (κ3) is 4.20. The fraction of sp³-hybridized carbons (Fsp3) is 0.500. The molecule has 1 heterocycles. The number of rotatable bonds is 4. The van der Waals surface area contributed by atoms with Gasteiger partial charge in [-0.1, -0.05) is 0 Å². The minimum Gasteiger partial charge on any atom is -0.484 e. The predicted octanol–water partition coefficient (Wildman–Crippen LogP) is 1.49. The van der Waals surface area contributed by atoms with E-state index in [0.29, 0.717) is 11.3 Å². The van der Waals surface area contributed by atoms with E-state index in [4.69, 9.17) is 10.00 Å². The van der Waals surface area contributed by atoms with E-state index in [1.807, 2.05) is 13.1 Å². The third-order valence-electron chi connectivity index (χ3n) is 3.89. The molecule has 1 unspecified atom stereocenters. The molecule has 5 nitrogen and oxygen atoms in total. The average Bonchev–Trinajstić information content (AvgIpc) is 2.52. The lowest BCUT2D eigenvalue weighted by Gasteiger charge is -2.35.